The lowest BCUT2D eigenvalue weighted by Crippen LogP contribution is -2.11. The fourth-order valence-electron chi connectivity index (χ4n) is 2.05. The zero-order valence-corrected chi connectivity index (χ0v) is 15.2. The molecular weight excluding hydrogens is 342 g/mol. The lowest BCUT2D eigenvalue weighted by atomic mass is 10.0. The van der Waals surface area contributed by atoms with Gasteiger partial charge in [0.15, 0.2) is 0 Å². The van der Waals surface area contributed by atoms with Crippen molar-refractivity contribution in [2.75, 3.05) is 6.54 Å². The number of rotatable bonds is 6. The Labute approximate surface area is 140 Å². The number of hydrogen-bond donors (Lipinski definition) is 1. The molecule has 0 aliphatic heterocycles. The van der Waals surface area contributed by atoms with E-state index in [4.69, 9.17) is 0 Å². The average Bonchev–Trinajstić information content (AvgIpc) is 2.47. The zero-order chi connectivity index (χ0) is 15.2. The van der Waals surface area contributed by atoms with E-state index in [0.717, 1.165) is 13.1 Å². The first kappa shape index (κ1) is 16.6. The van der Waals surface area contributed by atoms with Crippen molar-refractivity contribution < 1.29 is 0 Å². The third-order valence-corrected chi connectivity index (χ3v) is 5.11. The minimum Gasteiger partial charge on any atom is -0.313 e. The normalized spacial score (nSPS) is 11.1. The van der Waals surface area contributed by atoms with Gasteiger partial charge in [-0.25, -0.2) is 0 Å². The van der Waals surface area contributed by atoms with E-state index in [0.29, 0.717) is 5.92 Å². The maximum atomic E-state index is 3.67. The highest BCUT2D eigenvalue weighted by Crippen LogP contribution is 2.31. The Balaban J connectivity index is 2.07. The van der Waals surface area contributed by atoms with E-state index < -0.39 is 0 Å². The van der Waals surface area contributed by atoms with Crippen molar-refractivity contribution in [1.82, 2.24) is 5.32 Å². The molecule has 0 amide bonds. The molecule has 0 aromatic heterocycles. The molecule has 2 aromatic rings. The van der Waals surface area contributed by atoms with Gasteiger partial charge in [-0.2, -0.15) is 0 Å². The van der Waals surface area contributed by atoms with Crippen LogP contribution in [-0.4, -0.2) is 6.54 Å². The van der Waals surface area contributed by atoms with Crippen LogP contribution < -0.4 is 5.32 Å². The predicted octanol–water partition coefficient (Wildman–Crippen LogP) is 5.83. The van der Waals surface area contributed by atoms with Crippen molar-refractivity contribution >= 4 is 27.7 Å². The Morgan fingerprint density at radius 2 is 1.71 bits per heavy atom. The standard InChI is InChI=1S/C18H22BrNS/c1-4-20-12-15-7-10-17(11-18(15)19)21-16-8-5-14(6-9-16)13(2)3/h5-11,13,20H,4,12H2,1-3H3. The molecule has 0 saturated heterocycles. The number of hydrogen-bond acceptors (Lipinski definition) is 2. The summed E-state index contributed by atoms with van der Waals surface area (Å²) in [5.74, 6) is 0.587. The van der Waals surface area contributed by atoms with Gasteiger partial charge in [-0.3, -0.25) is 0 Å². The first-order valence-corrected chi connectivity index (χ1v) is 8.98. The summed E-state index contributed by atoms with van der Waals surface area (Å²) < 4.78 is 1.17. The van der Waals surface area contributed by atoms with Gasteiger partial charge in [0, 0.05) is 20.8 Å². The van der Waals surface area contributed by atoms with Crippen LogP contribution >= 0.6 is 27.7 Å². The number of nitrogens with one attached hydrogen (secondary N) is 1. The summed E-state index contributed by atoms with van der Waals surface area (Å²) >= 11 is 5.47. The van der Waals surface area contributed by atoms with Crippen molar-refractivity contribution in [3.8, 4) is 0 Å². The summed E-state index contributed by atoms with van der Waals surface area (Å²) in [6.45, 7) is 8.47. The van der Waals surface area contributed by atoms with Gasteiger partial charge in [0.05, 0.1) is 0 Å². The van der Waals surface area contributed by atoms with Crippen LogP contribution in [0.3, 0.4) is 0 Å². The molecule has 0 unspecified atom stereocenters. The van der Waals surface area contributed by atoms with Crippen molar-refractivity contribution in [3.05, 3.63) is 58.1 Å². The lowest BCUT2D eigenvalue weighted by molar-refractivity contribution is 0.724. The molecule has 0 bridgehead atoms. The Kier molecular flexibility index (Phi) is 6.34. The molecular formula is C18H22BrNS. The molecule has 21 heavy (non-hydrogen) atoms. The molecule has 112 valence electrons. The van der Waals surface area contributed by atoms with E-state index in [1.807, 2.05) is 0 Å². The molecule has 1 nitrogen and oxygen atoms in total. The minimum absolute atomic E-state index is 0.587. The van der Waals surface area contributed by atoms with Crippen LogP contribution in [0.4, 0.5) is 0 Å². The van der Waals surface area contributed by atoms with Crippen LogP contribution in [0.2, 0.25) is 0 Å². The van der Waals surface area contributed by atoms with Crippen molar-refractivity contribution in [1.29, 1.82) is 0 Å². The van der Waals surface area contributed by atoms with E-state index in [9.17, 15) is 0 Å². The fourth-order valence-corrected chi connectivity index (χ4v) is 3.58. The third-order valence-electron chi connectivity index (χ3n) is 3.37. The Hall–Kier alpha value is -0.770. The summed E-state index contributed by atoms with van der Waals surface area (Å²) in [6, 6.07) is 15.5. The van der Waals surface area contributed by atoms with Crippen LogP contribution in [0, 0.1) is 0 Å². The Bertz CT molecular complexity index is 578. The summed E-state index contributed by atoms with van der Waals surface area (Å²) in [5.41, 5.74) is 2.69. The minimum atomic E-state index is 0.587. The van der Waals surface area contributed by atoms with Gasteiger partial charge in [0.1, 0.15) is 0 Å². The van der Waals surface area contributed by atoms with E-state index in [-0.39, 0.29) is 0 Å². The maximum Gasteiger partial charge on any atom is 0.0231 e. The molecule has 0 radical (unpaired) electrons. The van der Waals surface area contributed by atoms with Gasteiger partial charge in [-0.1, -0.05) is 66.7 Å². The van der Waals surface area contributed by atoms with Crippen molar-refractivity contribution in [2.24, 2.45) is 0 Å². The van der Waals surface area contributed by atoms with Crippen LogP contribution in [0.25, 0.3) is 0 Å². The van der Waals surface area contributed by atoms with Crippen LogP contribution in [0.1, 0.15) is 37.8 Å². The van der Waals surface area contributed by atoms with Gasteiger partial charge in [-0.15, -0.1) is 0 Å². The van der Waals surface area contributed by atoms with Crippen molar-refractivity contribution in [2.45, 2.75) is 43.0 Å². The second-order valence-electron chi connectivity index (χ2n) is 5.36. The highest BCUT2D eigenvalue weighted by Gasteiger charge is 2.04. The summed E-state index contributed by atoms with van der Waals surface area (Å²) in [5, 5.41) is 3.35. The molecule has 2 rings (SSSR count). The molecule has 1 N–H and O–H groups in total. The molecule has 0 fully saturated rings. The summed E-state index contributed by atoms with van der Waals surface area (Å²) in [4.78, 5) is 2.55. The van der Waals surface area contributed by atoms with Crippen molar-refractivity contribution in [3.63, 3.8) is 0 Å². The maximum absolute atomic E-state index is 3.67. The smallest absolute Gasteiger partial charge is 0.0231 e. The molecule has 0 aliphatic rings. The van der Waals surface area contributed by atoms with E-state index in [1.54, 1.807) is 11.8 Å². The molecule has 0 aliphatic carbocycles. The van der Waals surface area contributed by atoms with Crippen LogP contribution in [0.15, 0.2) is 56.7 Å². The zero-order valence-electron chi connectivity index (χ0n) is 12.8. The Morgan fingerprint density at radius 1 is 1.05 bits per heavy atom. The summed E-state index contributed by atoms with van der Waals surface area (Å²) in [7, 11) is 0. The first-order chi connectivity index (χ1) is 10.1. The monoisotopic (exact) mass is 363 g/mol. The van der Waals surface area contributed by atoms with Crippen LogP contribution in [-0.2, 0) is 6.54 Å². The highest BCUT2D eigenvalue weighted by molar-refractivity contribution is 9.10. The molecule has 0 spiro atoms. The van der Waals surface area contributed by atoms with E-state index in [1.165, 1.54) is 25.4 Å². The summed E-state index contributed by atoms with van der Waals surface area (Å²) in [6.07, 6.45) is 0. The van der Waals surface area contributed by atoms with Gasteiger partial charge in [-0.05, 0) is 47.9 Å². The van der Waals surface area contributed by atoms with Gasteiger partial charge in [0.25, 0.3) is 0 Å². The second kappa shape index (κ2) is 8.02. The molecule has 0 saturated carbocycles. The third kappa shape index (κ3) is 4.87. The largest absolute Gasteiger partial charge is 0.313 e. The topological polar surface area (TPSA) is 12.0 Å². The number of benzene rings is 2. The van der Waals surface area contributed by atoms with E-state index >= 15 is 0 Å². The predicted molar refractivity (Wildman–Crippen MR) is 96.2 cm³/mol. The van der Waals surface area contributed by atoms with Crippen LogP contribution in [0.5, 0.6) is 0 Å². The SMILES string of the molecule is CCNCc1ccc(Sc2ccc(C(C)C)cc2)cc1Br. The fraction of sp³-hybridized carbons (Fsp3) is 0.333. The van der Waals surface area contributed by atoms with E-state index in [2.05, 4.69) is 84.5 Å². The quantitative estimate of drug-likeness (QED) is 0.692. The van der Waals surface area contributed by atoms with Gasteiger partial charge in [0.2, 0.25) is 0 Å². The lowest BCUT2D eigenvalue weighted by Gasteiger charge is -2.09. The molecule has 0 atom stereocenters. The second-order valence-corrected chi connectivity index (χ2v) is 7.36. The van der Waals surface area contributed by atoms with Gasteiger partial charge < -0.3 is 5.32 Å². The number of halogens is 1. The molecule has 0 heterocycles. The molecule has 3 heteroatoms. The first-order valence-electron chi connectivity index (χ1n) is 7.37. The average molecular weight is 364 g/mol. The molecule has 2 aromatic carbocycles. The Morgan fingerprint density at radius 3 is 2.29 bits per heavy atom. The van der Waals surface area contributed by atoms with Gasteiger partial charge >= 0.3 is 0 Å². The highest BCUT2D eigenvalue weighted by atomic mass is 79.9.